The molecule has 0 radical (unpaired) electrons. The van der Waals surface area contributed by atoms with E-state index in [1.807, 2.05) is 48.5 Å². The molecule has 0 heterocycles. The molecule has 0 bridgehead atoms. The summed E-state index contributed by atoms with van der Waals surface area (Å²) >= 11 is 0. The molecule has 4 heteroatoms. The van der Waals surface area contributed by atoms with Gasteiger partial charge in [-0.05, 0) is 24.0 Å². The summed E-state index contributed by atoms with van der Waals surface area (Å²) in [7, 11) is 0. The highest BCUT2D eigenvalue weighted by molar-refractivity contribution is 5.87. The molecule has 3 N–H and O–H groups in total. The van der Waals surface area contributed by atoms with Gasteiger partial charge >= 0.3 is 0 Å². The number of hydrogen-bond donors (Lipinski definition) is 2. The molecule has 0 aliphatic carbocycles. The second-order valence-corrected chi connectivity index (χ2v) is 5.15. The zero-order valence-corrected chi connectivity index (χ0v) is 12.4. The van der Waals surface area contributed by atoms with E-state index in [4.69, 9.17) is 5.73 Å². The molecule has 0 spiro atoms. The number of rotatable bonds is 7. The fourth-order valence-electron chi connectivity index (χ4n) is 2.30. The first-order chi connectivity index (χ1) is 10.7. The Morgan fingerprint density at radius 3 is 2.14 bits per heavy atom. The maximum Gasteiger partial charge on any atom is 0.244 e. The van der Waals surface area contributed by atoms with Crippen LogP contribution in [0.15, 0.2) is 60.7 Å². The summed E-state index contributed by atoms with van der Waals surface area (Å²) in [5.41, 5.74) is 7.28. The van der Waals surface area contributed by atoms with Crippen molar-refractivity contribution in [2.24, 2.45) is 5.73 Å². The van der Waals surface area contributed by atoms with Gasteiger partial charge in [-0.25, -0.2) is 0 Å². The third kappa shape index (κ3) is 4.74. The Balaban J connectivity index is 1.85. The van der Waals surface area contributed by atoms with Crippen LogP contribution < -0.4 is 11.1 Å². The van der Waals surface area contributed by atoms with Crippen LogP contribution in [0.5, 0.6) is 0 Å². The third-order valence-electron chi connectivity index (χ3n) is 3.43. The SMILES string of the molecule is NC(=O)C(NC(=O)CCCc1ccccc1)c1ccccc1. The van der Waals surface area contributed by atoms with Crippen LogP contribution >= 0.6 is 0 Å². The standard InChI is InChI=1S/C18H20N2O2/c19-18(22)17(15-11-5-2-6-12-15)20-16(21)13-7-10-14-8-3-1-4-9-14/h1-6,8-9,11-12,17H,7,10,13H2,(H2,19,22)(H,20,21). The van der Waals surface area contributed by atoms with Crippen LogP contribution in [0.2, 0.25) is 0 Å². The van der Waals surface area contributed by atoms with E-state index in [1.165, 1.54) is 5.56 Å². The number of nitrogens with one attached hydrogen (secondary N) is 1. The summed E-state index contributed by atoms with van der Waals surface area (Å²) in [6.45, 7) is 0. The second-order valence-electron chi connectivity index (χ2n) is 5.15. The van der Waals surface area contributed by atoms with Crippen molar-refractivity contribution in [1.29, 1.82) is 0 Å². The highest BCUT2D eigenvalue weighted by atomic mass is 16.2. The van der Waals surface area contributed by atoms with Gasteiger partial charge in [0, 0.05) is 6.42 Å². The topological polar surface area (TPSA) is 72.2 Å². The molecule has 2 amide bonds. The molecule has 0 aliphatic heterocycles. The van der Waals surface area contributed by atoms with Crippen molar-refractivity contribution in [3.8, 4) is 0 Å². The molecular formula is C18H20N2O2. The number of aryl methyl sites for hydroxylation is 1. The number of carbonyl (C=O) groups is 2. The van der Waals surface area contributed by atoms with Gasteiger partial charge < -0.3 is 11.1 Å². The van der Waals surface area contributed by atoms with Crippen molar-refractivity contribution in [3.63, 3.8) is 0 Å². The number of hydrogen-bond acceptors (Lipinski definition) is 2. The fraction of sp³-hybridized carbons (Fsp3) is 0.222. The Bertz CT molecular complexity index is 611. The first-order valence-corrected chi connectivity index (χ1v) is 7.34. The lowest BCUT2D eigenvalue weighted by Crippen LogP contribution is -2.37. The van der Waals surface area contributed by atoms with Crippen molar-refractivity contribution in [2.45, 2.75) is 25.3 Å². The van der Waals surface area contributed by atoms with Crippen LogP contribution in [0.25, 0.3) is 0 Å². The van der Waals surface area contributed by atoms with Crippen molar-refractivity contribution < 1.29 is 9.59 Å². The minimum Gasteiger partial charge on any atom is -0.368 e. The van der Waals surface area contributed by atoms with Crippen LogP contribution in [0, 0.1) is 0 Å². The van der Waals surface area contributed by atoms with Crippen LogP contribution in [-0.4, -0.2) is 11.8 Å². The minimum atomic E-state index is -0.773. The molecule has 0 saturated heterocycles. The lowest BCUT2D eigenvalue weighted by atomic mass is 10.1. The number of carbonyl (C=O) groups excluding carboxylic acids is 2. The van der Waals surface area contributed by atoms with Gasteiger partial charge in [-0.15, -0.1) is 0 Å². The third-order valence-corrected chi connectivity index (χ3v) is 3.43. The summed E-state index contributed by atoms with van der Waals surface area (Å²) in [4.78, 5) is 23.5. The number of primary amides is 1. The maximum absolute atomic E-state index is 12.0. The van der Waals surface area contributed by atoms with Gasteiger partial charge in [-0.3, -0.25) is 9.59 Å². The van der Waals surface area contributed by atoms with Crippen molar-refractivity contribution in [2.75, 3.05) is 0 Å². The first-order valence-electron chi connectivity index (χ1n) is 7.34. The maximum atomic E-state index is 12.0. The van der Waals surface area contributed by atoms with Crippen LogP contribution in [0.3, 0.4) is 0 Å². The van der Waals surface area contributed by atoms with E-state index in [2.05, 4.69) is 5.32 Å². The molecule has 114 valence electrons. The quantitative estimate of drug-likeness (QED) is 0.823. The van der Waals surface area contributed by atoms with E-state index in [1.54, 1.807) is 12.1 Å². The van der Waals surface area contributed by atoms with Crippen LogP contribution in [0.1, 0.15) is 30.0 Å². The monoisotopic (exact) mass is 296 g/mol. The summed E-state index contributed by atoms with van der Waals surface area (Å²) < 4.78 is 0. The predicted molar refractivity (Wildman–Crippen MR) is 85.9 cm³/mol. The number of amides is 2. The first kappa shape index (κ1) is 15.8. The molecule has 0 aromatic heterocycles. The molecule has 0 saturated carbocycles. The van der Waals surface area contributed by atoms with E-state index in [9.17, 15) is 9.59 Å². The molecular weight excluding hydrogens is 276 g/mol. The van der Waals surface area contributed by atoms with E-state index in [0.717, 1.165) is 12.8 Å². The lowest BCUT2D eigenvalue weighted by Gasteiger charge is -2.15. The smallest absolute Gasteiger partial charge is 0.244 e. The molecule has 22 heavy (non-hydrogen) atoms. The molecule has 1 unspecified atom stereocenters. The zero-order valence-electron chi connectivity index (χ0n) is 12.4. The largest absolute Gasteiger partial charge is 0.368 e. The molecule has 2 aromatic rings. The number of nitrogens with two attached hydrogens (primary N) is 1. The molecule has 0 aliphatic rings. The minimum absolute atomic E-state index is 0.163. The van der Waals surface area contributed by atoms with Gasteiger partial charge in [0.15, 0.2) is 0 Å². The van der Waals surface area contributed by atoms with E-state index in [0.29, 0.717) is 12.0 Å². The Hall–Kier alpha value is -2.62. The Labute approximate surface area is 130 Å². The average Bonchev–Trinajstić information content (AvgIpc) is 2.54. The summed E-state index contributed by atoms with van der Waals surface area (Å²) in [5, 5.41) is 2.71. The van der Waals surface area contributed by atoms with Gasteiger partial charge in [0.05, 0.1) is 0 Å². The Morgan fingerprint density at radius 2 is 1.55 bits per heavy atom. The Morgan fingerprint density at radius 1 is 0.955 bits per heavy atom. The van der Waals surface area contributed by atoms with Gasteiger partial charge in [0.2, 0.25) is 11.8 Å². The van der Waals surface area contributed by atoms with Crippen LogP contribution in [-0.2, 0) is 16.0 Å². The second kappa shape index (κ2) is 7.98. The van der Waals surface area contributed by atoms with Gasteiger partial charge in [-0.2, -0.15) is 0 Å². The lowest BCUT2D eigenvalue weighted by molar-refractivity contribution is -0.127. The molecule has 2 aromatic carbocycles. The van der Waals surface area contributed by atoms with E-state index < -0.39 is 11.9 Å². The molecule has 0 fully saturated rings. The summed E-state index contributed by atoms with van der Waals surface area (Å²) in [6.07, 6.45) is 1.93. The Kier molecular flexibility index (Phi) is 5.72. The molecule has 1 atom stereocenters. The number of benzene rings is 2. The van der Waals surface area contributed by atoms with E-state index in [-0.39, 0.29) is 5.91 Å². The normalized spacial score (nSPS) is 11.6. The summed E-state index contributed by atoms with van der Waals surface area (Å²) in [5.74, 6) is -0.716. The molecule has 2 rings (SSSR count). The van der Waals surface area contributed by atoms with Gasteiger partial charge in [-0.1, -0.05) is 60.7 Å². The van der Waals surface area contributed by atoms with Crippen molar-refractivity contribution in [3.05, 3.63) is 71.8 Å². The van der Waals surface area contributed by atoms with Gasteiger partial charge in [0.25, 0.3) is 0 Å². The van der Waals surface area contributed by atoms with E-state index >= 15 is 0 Å². The van der Waals surface area contributed by atoms with Gasteiger partial charge in [0.1, 0.15) is 6.04 Å². The highest BCUT2D eigenvalue weighted by Gasteiger charge is 2.19. The van der Waals surface area contributed by atoms with Crippen LogP contribution in [0.4, 0.5) is 0 Å². The molecule has 4 nitrogen and oxygen atoms in total. The van der Waals surface area contributed by atoms with Crippen molar-refractivity contribution in [1.82, 2.24) is 5.32 Å². The van der Waals surface area contributed by atoms with Crippen molar-refractivity contribution >= 4 is 11.8 Å². The average molecular weight is 296 g/mol. The fourth-order valence-corrected chi connectivity index (χ4v) is 2.30. The highest BCUT2D eigenvalue weighted by Crippen LogP contribution is 2.12. The zero-order chi connectivity index (χ0) is 15.8. The summed E-state index contributed by atoms with van der Waals surface area (Å²) in [6, 6.07) is 18.3. The predicted octanol–water partition coefficient (Wildman–Crippen LogP) is 2.35.